The molecule has 1 aliphatic rings. The molecule has 0 radical (unpaired) electrons. The van der Waals surface area contributed by atoms with E-state index in [2.05, 4.69) is 45.1 Å². The molecular formula is C22H25N3O2. The molecule has 0 bridgehead atoms. The highest BCUT2D eigenvalue weighted by Gasteiger charge is 2.16. The molecule has 0 atom stereocenters. The number of rotatable bonds is 6. The van der Waals surface area contributed by atoms with Crippen LogP contribution in [0, 0.1) is 0 Å². The van der Waals surface area contributed by atoms with Crippen LogP contribution >= 0.6 is 0 Å². The van der Waals surface area contributed by atoms with Gasteiger partial charge in [-0.1, -0.05) is 18.2 Å². The first-order chi connectivity index (χ1) is 13.3. The Morgan fingerprint density at radius 2 is 1.70 bits per heavy atom. The number of ether oxygens (including phenoxy) is 1. The number of nitrogens with zero attached hydrogens (tertiary/aromatic N) is 2. The van der Waals surface area contributed by atoms with Crippen molar-refractivity contribution < 1.29 is 4.74 Å². The van der Waals surface area contributed by atoms with Crippen LogP contribution in [0.2, 0.25) is 0 Å². The predicted molar refractivity (Wildman–Crippen MR) is 110 cm³/mol. The fraction of sp³-hybridized carbons (Fsp3) is 0.318. The Hall–Kier alpha value is -2.79. The first-order valence-corrected chi connectivity index (χ1v) is 9.56. The molecule has 0 amide bonds. The van der Waals surface area contributed by atoms with Gasteiger partial charge in [0.15, 0.2) is 0 Å². The average molecular weight is 363 g/mol. The number of hydrogen-bond acceptors (Lipinski definition) is 4. The molecule has 2 aromatic carbocycles. The van der Waals surface area contributed by atoms with Crippen molar-refractivity contribution in [3.63, 3.8) is 0 Å². The zero-order chi connectivity index (χ0) is 18.5. The van der Waals surface area contributed by atoms with Crippen molar-refractivity contribution in [1.29, 1.82) is 0 Å². The summed E-state index contributed by atoms with van der Waals surface area (Å²) in [4.78, 5) is 19.2. The van der Waals surface area contributed by atoms with Crippen LogP contribution in [-0.4, -0.2) is 49.2 Å². The van der Waals surface area contributed by atoms with E-state index in [1.54, 1.807) is 6.07 Å². The van der Waals surface area contributed by atoms with Crippen LogP contribution in [0.1, 0.15) is 6.42 Å². The Balaban J connectivity index is 1.21. The fourth-order valence-corrected chi connectivity index (χ4v) is 3.57. The Kier molecular flexibility index (Phi) is 5.39. The van der Waals surface area contributed by atoms with Gasteiger partial charge in [0.1, 0.15) is 5.75 Å². The van der Waals surface area contributed by atoms with Gasteiger partial charge < -0.3 is 14.6 Å². The molecular weight excluding hydrogens is 338 g/mol. The Morgan fingerprint density at radius 1 is 0.926 bits per heavy atom. The number of anilines is 1. The molecule has 5 nitrogen and oxygen atoms in total. The molecule has 0 spiro atoms. The number of piperazine rings is 1. The number of H-pyrrole nitrogens is 1. The molecule has 0 unspecified atom stereocenters. The number of aromatic amines is 1. The maximum atomic E-state index is 11.4. The van der Waals surface area contributed by atoms with Gasteiger partial charge in [0.25, 0.3) is 0 Å². The van der Waals surface area contributed by atoms with Crippen LogP contribution in [0.15, 0.2) is 65.5 Å². The summed E-state index contributed by atoms with van der Waals surface area (Å²) in [5.41, 5.74) is 2.04. The quantitative estimate of drug-likeness (QED) is 0.684. The molecule has 3 aromatic rings. The Bertz CT molecular complexity index is 931. The molecule has 1 N–H and O–H groups in total. The monoisotopic (exact) mass is 363 g/mol. The van der Waals surface area contributed by atoms with E-state index in [1.165, 1.54) is 5.69 Å². The molecule has 1 aromatic heterocycles. The van der Waals surface area contributed by atoms with Crippen molar-refractivity contribution in [3.05, 3.63) is 71.0 Å². The smallest absolute Gasteiger partial charge is 0.248 e. The summed E-state index contributed by atoms with van der Waals surface area (Å²) in [6, 6.07) is 19.8. The largest absolute Gasteiger partial charge is 0.493 e. The lowest BCUT2D eigenvalue weighted by atomic mass is 10.2. The van der Waals surface area contributed by atoms with Gasteiger partial charge in [0.2, 0.25) is 5.56 Å². The van der Waals surface area contributed by atoms with Crippen LogP contribution < -0.4 is 15.2 Å². The van der Waals surface area contributed by atoms with Crippen LogP contribution in [-0.2, 0) is 0 Å². The molecule has 1 fully saturated rings. The average Bonchev–Trinajstić information content (AvgIpc) is 2.72. The van der Waals surface area contributed by atoms with Gasteiger partial charge in [-0.25, -0.2) is 0 Å². The molecule has 1 aliphatic heterocycles. The molecule has 0 aliphatic carbocycles. The van der Waals surface area contributed by atoms with Gasteiger partial charge in [0, 0.05) is 50.5 Å². The van der Waals surface area contributed by atoms with Crippen molar-refractivity contribution in [3.8, 4) is 5.75 Å². The number of benzene rings is 2. The molecule has 27 heavy (non-hydrogen) atoms. The maximum absolute atomic E-state index is 11.4. The Morgan fingerprint density at radius 3 is 2.52 bits per heavy atom. The zero-order valence-electron chi connectivity index (χ0n) is 15.4. The van der Waals surface area contributed by atoms with Crippen LogP contribution in [0.25, 0.3) is 10.9 Å². The first-order valence-electron chi connectivity index (χ1n) is 9.56. The number of pyridine rings is 1. The maximum Gasteiger partial charge on any atom is 0.248 e. The minimum absolute atomic E-state index is 0.0886. The van der Waals surface area contributed by atoms with Gasteiger partial charge in [-0.15, -0.1) is 0 Å². The van der Waals surface area contributed by atoms with E-state index < -0.39 is 0 Å². The standard InChI is InChI=1S/C22H25N3O2/c26-22-10-8-18-7-9-20(17-21(18)23-22)27-16-4-11-24-12-14-25(15-13-24)19-5-2-1-3-6-19/h1-3,5-10,17H,4,11-16H2,(H,23,26). The summed E-state index contributed by atoms with van der Waals surface area (Å²) in [6.07, 6.45) is 0.995. The van der Waals surface area contributed by atoms with Gasteiger partial charge in [-0.05, 0) is 42.1 Å². The van der Waals surface area contributed by atoms with E-state index in [4.69, 9.17) is 4.74 Å². The van der Waals surface area contributed by atoms with Gasteiger partial charge >= 0.3 is 0 Å². The number of hydrogen-bond donors (Lipinski definition) is 1. The highest BCUT2D eigenvalue weighted by Crippen LogP contribution is 2.18. The third-order valence-corrected chi connectivity index (χ3v) is 5.08. The second kappa shape index (κ2) is 8.27. The molecule has 4 rings (SSSR count). The van der Waals surface area contributed by atoms with E-state index in [9.17, 15) is 4.79 Å². The third-order valence-electron chi connectivity index (χ3n) is 5.08. The summed E-state index contributed by atoms with van der Waals surface area (Å²) in [5, 5.41) is 1.01. The van der Waals surface area contributed by atoms with E-state index in [1.807, 2.05) is 24.3 Å². The second-order valence-electron chi connectivity index (χ2n) is 6.94. The van der Waals surface area contributed by atoms with E-state index in [0.717, 1.165) is 55.8 Å². The number of para-hydroxylation sites is 1. The third kappa shape index (κ3) is 4.49. The molecule has 2 heterocycles. The van der Waals surface area contributed by atoms with Crippen molar-refractivity contribution in [1.82, 2.24) is 9.88 Å². The fourth-order valence-electron chi connectivity index (χ4n) is 3.57. The van der Waals surface area contributed by atoms with Crippen molar-refractivity contribution in [2.75, 3.05) is 44.2 Å². The molecule has 5 heteroatoms. The number of aromatic nitrogens is 1. The number of nitrogens with one attached hydrogen (secondary N) is 1. The van der Waals surface area contributed by atoms with Crippen LogP contribution in [0.3, 0.4) is 0 Å². The number of fused-ring (bicyclic) bond motifs is 1. The second-order valence-corrected chi connectivity index (χ2v) is 6.94. The minimum atomic E-state index is -0.0886. The summed E-state index contributed by atoms with van der Waals surface area (Å²) < 4.78 is 5.88. The molecule has 1 saturated heterocycles. The Labute approximate surface area is 159 Å². The summed E-state index contributed by atoms with van der Waals surface area (Å²) in [7, 11) is 0. The van der Waals surface area contributed by atoms with Gasteiger partial charge in [0.05, 0.1) is 12.1 Å². The highest BCUT2D eigenvalue weighted by atomic mass is 16.5. The van der Waals surface area contributed by atoms with E-state index in [0.29, 0.717) is 6.61 Å². The highest BCUT2D eigenvalue weighted by molar-refractivity contribution is 5.79. The lowest BCUT2D eigenvalue weighted by Crippen LogP contribution is -2.46. The van der Waals surface area contributed by atoms with Crippen LogP contribution in [0.5, 0.6) is 5.75 Å². The molecule has 140 valence electrons. The topological polar surface area (TPSA) is 48.6 Å². The SMILES string of the molecule is O=c1ccc2ccc(OCCCN3CCN(c4ccccc4)CC3)cc2[nH]1. The summed E-state index contributed by atoms with van der Waals surface area (Å²) >= 11 is 0. The van der Waals surface area contributed by atoms with Gasteiger partial charge in [-0.2, -0.15) is 0 Å². The minimum Gasteiger partial charge on any atom is -0.493 e. The molecule has 0 saturated carbocycles. The summed E-state index contributed by atoms with van der Waals surface area (Å²) in [5.74, 6) is 0.804. The van der Waals surface area contributed by atoms with Crippen molar-refractivity contribution in [2.24, 2.45) is 0 Å². The van der Waals surface area contributed by atoms with Crippen LogP contribution in [0.4, 0.5) is 5.69 Å². The normalized spacial score (nSPS) is 15.2. The first kappa shape index (κ1) is 17.6. The van der Waals surface area contributed by atoms with Crippen molar-refractivity contribution >= 4 is 16.6 Å². The summed E-state index contributed by atoms with van der Waals surface area (Å²) in [6.45, 7) is 6.05. The zero-order valence-corrected chi connectivity index (χ0v) is 15.4. The lowest BCUT2D eigenvalue weighted by molar-refractivity contribution is 0.225. The lowest BCUT2D eigenvalue weighted by Gasteiger charge is -2.36. The van der Waals surface area contributed by atoms with Gasteiger partial charge in [-0.3, -0.25) is 9.69 Å². The predicted octanol–water partition coefficient (Wildman–Crippen LogP) is 3.12. The van der Waals surface area contributed by atoms with E-state index >= 15 is 0 Å². The van der Waals surface area contributed by atoms with Crippen molar-refractivity contribution in [2.45, 2.75) is 6.42 Å². The van der Waals surface area contributed by atoms with E-state index in [-0.39, 0.29) is 5.56 Å².